The number of anilines is 1. The summed E-state index contributed by atoms with van der Waals surface area (Å²) in [6.07, 6.45) is 3.25. The van der Waals surface area contributed by atoms with E-state index in [4.69, 9.17) is 11.6 Å². The van der Waals surface area contributed by atoms with Crippen molar-refractivity contribution < 1.29 is 9.18 Å². The molecule has 0 aliphatic rings. The minimum absolute atomic E-state index is 0.00419. The lowest BCUT2D eigenvalue weighted by Gasteiger charge is -2.04. The predicted octanol–water partition coefficient (Wildman–Crippen LogP) is 4.18. The number of carbonyl (C=O) groups excluding carboxylic acids is 1. The van der Waals surface area contributed by atoms with Crippen LogP contribution in [0.2, 0.25) is 5.02 Å². The van der Waals surface area contributed by atoms with Crippen LogP contribution in [0.25, 0.3) is 11.3 Å². The molecule has 0 bridgehead atoms. The molecule has 0 fully saturated rings. The largest absolute Gasteiger partial charge is 0.302 e. The maximum absolute atomic E-state index is 13.8. The average molecular weight is 348 g/mol. The Labute approximate surface area is 141 Å². The fraction of sp³-hybridized carbons (Fsp3) is 0.0625. The third-order valence-corrected chi connectivity index (χ3v) is 4.16. The Balaban J connectivity index is 1.69. The Morgan fingerprint density at radius 2 is 2.04 bits per heavy atom. The Morgan fingerprint density at radius 3 is 2.83 bits per heavy atom. The van der Waals surface area contributed by atoms with Gasteiger partial charge in [-0.3, -0.25) is 9.78 Å². The fourth-order valence-corrected chi connectivity index (χ4v) is 2.94. The molecule has 3 rings (SSSR count). The summed E-state index contributed by atoms with van der Waals surface area (Å²) in [5, 5.41) is 4.98. The van der Waals surface area contributed by atoms with Gasteiger partial charge in [0, 0.05) is 23.3 Å². The van der Waals surface area contributed by atoms with Gasteiger partial charge in [0.1, 0.15) is 5.82 Å². The molecule has 0 radical (unpaired) electrons. The van der Waals surface area contributed by atoms with E-state index >= 15 is 0 Å². The van der Waals surface area contributed by atoms with E-state index in [9.17, 15) is 9.18 Å². The van der Waals surface area contributed by atoms with Crippen LogP contribution in [0, 0.1) is 5.82 Å². The number of halogens is 2. The molecule has 3 aromatic rings. The predicted molar refractivity (Wildman–Crippen MR) is 89.1 cm³/mol. The third kappa shape index (κ3) is 3.72. The Morgan fingerprint density at radius 1 is 1.26 bits per heavy atom. The minimum atomic E-state index is -0.569. The van der Waals surface area contributed by atoms with Gasteiger partial charge in [0.25, 0.3) is 0 Å². The number of nitrogens with zero attached hydrogens (tertiary/aromatic N) is 2. The first kappa shape index (κ1) is 15.6. The number of pyridine rings is 1. The van der Waals surface area contributed by atoms with Crippen LogP contribution < -0.4 is 5.32 Å². The SMILES string of the molecule is O=C(Cc1cccc(Cl)c1F)Nc1nc(-c2ccncc2)cs1. The summed E-state index contributed by atoms with van der Waals surface area (Å²) in [4.78, 5) is 20.3. The maximum atomic E-state index is 13.8. The average Bonchev–Trinajstić information content (AvgIpc) is 3.01. The first-order valence-electron chi connectivity index (χ1n) is 6.72. The molecule has 0 saturated carbocycles. The highest BCUT2D eigenvalue weighted by Gasteiger charge is 2.12. The van der Waals surface area contributed by atoms with Crippen molar-refractivity contribution in [1.82, 2.24) is 9.97 Å². The quantitative estimate of drug-likeness (QED) is 0.770. The summed E-state index contributed by atoms with van der Waals surface area (Å²) in [5.74, 6) is -0.914. The lowest BCUT2D eigenvalue weighted by molar-refractivity contribution is -0.115. The second-order valence-electron chi connectivity index (χ2n) is 4.71. The van der Waals surface area contributed by atoms with Crippen molar-refractivity contribution in [3.63, 3.8) is 0 Å². The Bertz CT molecular complexity index is 838. The number of amides is 1. The van der Waals surface area contributed by atoms with E-state index in [-0.39, 0.29) is 22.9 Å². The zero-order chi connectivity index (χ0) is 16.2. The molecule has 0 aliphatic heterocycles. The van der Waals surface area contributed by atoms with Crippen molar-refractivity contribution in [2.45, 2.75) is 6.42 Å². The number of carbonyl (C=O) groups is 1. The smallest absolute Gasteiger partial charge is 0.230 e. The molecule has 0 aliphatic carbocycles. The van der Waals surface area contributed by atoms with E-state index < -0.39 is 5.82 Å². The van der Waals surface area contributed by atoms with Gasteiger partial charge in [-0.05, 0) is 23.8 Å². The van der Waals surface area contributed by atoms with Crippen molar-refractivity contribution in [2.24, 2.45) is 0 Å². The number of benzene rings is 1. The summed E-state index contributed by atoms with van der Waals surface area (Å²) in [6, 6.07) is 8.26. The molecule has 2 heterocycles. The molecular weight excluding hydrogens is 337 g/mol. The molecule has 0 atom stereocenters. The highest BCUT2D eigenvalue weighted by Crippen LogP contribution is 2.24. The van der Waals surface area contributed by atoms with Crippen LogP contribution in [0.3, 0.4) is 0 Å². The van der Waals surface area contributed by atoms with Gasteiger partial charge in [0.2, 0.25) is 5.91 Å². The van der Waals surface area contributed by atoms with E-state index in [1.54, 1.807) is 18.5 Å². The number of hydrogen-bond acceptors (Lipinski definition) is 4. The number of rotatable bonds is 4. The van der Waals surface area contributed by atoms with Crippen molar-refractivity contribution in [3.8, 4) is 11.3 Å². The highest BCUT2D eigenvalue weighted by atomic mass is 35.5. The van der Waals surface area contributed by atoms with Gasteiger partial charge in [0.15, 0.2) is 5.13 Å². The molecule has 7 heteroatoms. The Kier molecular flexibility index (Phi) is 4.64. The van der Waals surface area contributed by atoms with Gasteiger partial charge in [-0.1, -0.05) is 23.7 Å². The van der Waals surface area contributed by atoms with E-state index in [0.717, 1.165) is 11.3 Å². The van der Waals surface area contributed by atoms with E-state index in [0.29, 0.717) is 5.13 Å². The van der Waals surface area contributed by atoms with E-state index in [1.165, 1.54) is 23.5 Å². The van der Waals surface area contributed by atoms with Gasteiger partial charge >= 0.3 is 0 Å². The molecule has 1 N–H and O–H groups in total. The molecule has 1 aromatic carbocycles. The highest BCUT2D eigenvalue weighted by molar-refractivity contribution is 7.14. The molecule has 4 nitrogen and oxygen atoms in total. The van der Waals surface area contributed by atoms with Crippen LogP contribution in [0.5, 0.6) is 0 Å². The number of thiazole rings is 1. The number of nitrogens with one attached hydrogen (secondary N) is 1. The second kappa shape index (κ2) is 6.85. The van der Waals surface area contributed by atoms with Crippen molar-refractivity contribution in [2.75, 3.05) is 5.32 Å². The molecule has 0 spiro atoms. The number of aromatic nitrogens is 2. The van der Waals surface area contributed by atoms with Crippen LogP contribution >= 0.6 is 22.9 Å². The van der Waals surface area contributed by atoms with Crippen LogP contribution in [-0.2, 0) is 11.2 Å². The summed E-state index contributed by atoms with van der Waals surface area (Å²) >= 11 is 7.01. The van der Waals surface area contributed by atoms with E-state index in [2.05, 4.69) is 15.3 Å². The summed E-state index contributed by atoms with van der Waals surface area (Å²) < 4.78 is 13.8. The summed E-state index contributed by atoms with van der Waals surface area (Å²) in [7, 11) is 0. The van der Waals surface area contributed by atoms with Gasteiger partial charge in [-0.25, -0.2) is 9.37 Å². The number of hydrogen-bond donors (Lipinski definition) is 1. The molecule has 0 saturated heterocycles. The summed E-state index contributed by atoms with van der Waals surface area (Å²) in [6.45, 7) is 0. The van der Waals surface area contributed by atoms with Crippen molar-refractivity contribution >= 4 is 34.0 Å². The standard InChI is InChI=1S/C16H11ClFN3OS/c17-12-3-1-2-11(15(12)18)8-14(22)21-16-20-13(9-23-16)10-4-6-19-7-5-10/h1-7,9H,8H2,(H,20,21,22). The van der Waals surface area contributed by atoms with Crippen molar-refractivity contribution in [1.29, 1.82) is 0 Å². The zero-order valence-corrected chi connectivity index (χ0v) is 13.4. The van der Waals surface area contributed by atoms with Crippen LogP contribution in [-0.4, -0.2) is 15.9 Å². The molecule has 116 valence electrons. The van der Waals surface area contributed by atoms with Gasteiger partial charge < -0.3 is 5.32 Å². The zero-order valence-electron chi connectivity index (χ0n) is 11.8. The van der Waals surface area contributed by atoms with Gasteiger partial charge in [0.05, 0.1) is 17.1 Å². The lowest BCUT2D eigenvalue weighted by Crippen LogP contribution is -2.15. The topological polar surface area (TPSA) is 54.9 Å². The minimum Gasteiger partial charge on any atom is -0.302 e. The lowest BCUT2D eigenvalue weighted by atomic mass is 10.1. The van der Waals surface area contributed by atoms with Crippen LogP contribution in [0.4, 0.5) is 9.52 Å². The Hall–Kier alpha value is -2.31. The molecule has 0 unspecified atom stereocenters. The monoisotopic (exact) mass is 347 g/mol. The summed E-state index contributed by atoms with van der Waals surface area (Å²) in [5.41, 5.74) is 1.92. The first-order valence-corrected chi connectivity index (χ1v) is 7.98. The molecule has 1 amide bonds. The van der Waals surface area contributed by atoms with Crippen LogP contribution in [0.1, 0.15) is 5.56 Å². The van der Waals surface area contributed by atoms with Crippen molar-refractivity contribution in [3.05, 3.63) is 64.5 Å². The normalized spacial score (nSPS) is 10.5. The molecule has 23 heavy (non-hydrogen) atoms. The maximum Gasteiger partial charge on any atom is 0.230 e. The third-order valence-electron chi connectivity index (χ3n) is 3.11. The fourth-order valence-electron chi connectivity index (χ4n) is 2.01. The molecular formula is C16H11ClFN3OS. The van der Waals surface area contributed by atoms with Gasteiger partial charge in [-0.15, -0.1) is 11.3 Å². The second-order valence-corrected chi connectivity index (χ2v) is 5.98. The van der Waals surface area contributed by atoms with Crippen LogP contribution in [0.15, 0.2) is 48.1 Å². The first-order chi connectivity index (χ1) is 11.1. The molecule has 2 aromatic heterocycles. The van der Waals surface area contributed by atoms with Gasteiger partial charge in [-0.2, -0.15) is 0 Å². The van der Waals surface area contributed by atoms with E-state index in [1.807, 2.05) is 17.5 Å².